The summed E-state index contributed by atoms with van der Waals surface area (Å²) in [7, 11) is 0. The SMILES string of the molecule is [c]1nnc(-c2ccccn2)[nH]1. The maximum atomic E-state index is 4.07. The molecule has 0 atom stereocenters. The molecule has 0 aliphatic rings. The van der Waals surface area contributed by atoms with Gasteiger partial charge in [0.15, 0.2) is 12.2 Å². The molecule has 2 aromatic rings. The fraction of sp³-hybridized carbons (Fsp3) is 0. The van der Waals surface area contributed by atoms with E-state index in [2.05, 4.69) is 26.5 Å². The zero-order valence-corrected chi connectivity index (χ0v) is 5.65. The maximum Gasteiger partial charge on any atom is 0.199 e. The fourth-order valence-corrected chi connectivity index (χ4v) is 0.796. The molecule has 0 aliphatic carbocycles. The Labute approximate surface area is 63.3 Å². The molecule has 0 aliphatic heterocycles. The Hall–Kier alpha value is -1.71. The lowest BCUT2D eigenvalue weighted by Crippen LogP contribution is -1.83. The first kappa shape index (κ1) is 6.03. The Kier molecular flexibility index (Phi) is 1.37. The molecule has 1 radical (unpaired) electrons. The van der Waals surface area contributed by atoms with Gasteiger partial charge in [-0.3, -0.25) is 4.98 Å². The monoisotopic (exact) mass is 145 g/mol. The van der Waals surface area contributed by atoms with Crippen molar-refractivity contribution in [3.05, 3.63) is 30.7 Å². The van der Waals surface area contributed by atoms with E-state index in [0.717, 1.165) is 5.69 Å². The number of rotatable bonds is 1. The highest BCUT2D eigenvalue weighted by atomic mass is 15.2. The van der Waals surface area contributed by atoms with Crippen LogP contribution in [0.15, 0.2) is 24.4 Å². The van der Waals surface area contributed by atoms with E-state index in [4.69, 9.17) is 0 Å². The highest BCUT2D eigenvalue weighted by Crippen LogP contribution is 2.06. The summed E-state index contributed by atoms with van der Waals surface area (Å²) in [6.45, 7) is 0. The molecular formula is C7H5N4. The first-order valence-electron chi connectivity index (χ1n) is 3.17. The van der Waals surface area contributed by atoms with Gasteiger partial charge in [0, 0.05) is 6.20 Å². The zero-order chi connectivity index (χ0) is 7.52. The molecule has 2 aromatic heterocycles. The van der Waals surface area contributed by atoms with E-state index >= 15 is 0 Å². The van der Waals surface area contributed by atoms with Gasteiger partial charge in [-0.25, -0.2) is 0 Å². The molecule has 53 valence electrons. The maximum absolute atomic E-state index is 4.07. The average Bonchev–Trinajstić information content (AvgIpc) is 2.58. The van der Waals surface area contributed by atoms with Gasteiger partial charge in [-0.1, -0.05) is 6.07 Å². The lowest BCUT2D eigenvalue weighted by Gasteiger charge is -1.90. The number of hydrogen-bond acceptors (Lipinski definition) is 3. The summed E-state index contributed by atoms with van der Waals surface area (Å²) in [5, 5.41) is 7.29. The highest BCUT2D eigenvalue weighted by molar-refractivity contribution is 5.46. The van der Waals surface area contributed by atoms with Gasteiger partial charge in [0.05, 0.1) is 0 Å². The lowest BCUT2D eigenvalue weighted by molar-refractivity contribution is 1.08. The van der Waals surface area contributed by atoms with E-state index in [1.165, 1.54) is 0 Å². The topological polar surface area (TPSA) is 54.5 Å². The van der Waals surface area contributed by atoms with Gasteiger partial charge >= 0.3 is 0 Å². The molecule has 11 heavy (non-hydrogen) atoms. The van der Waals surface area contributed by atoms with Crippen molar-refractivity contribution in [3.63, 3.8) is 0 Å². The van der Waals surface area contributed by atoms with E-state index in [1.807, 2.05) is 18.2 Å². The van der Waals surface area contributed by atoms with Crippen molar-refractivity contribution in [1.29, 1.82) is 0 Å². The largest absolute Gasteiger partial charge is 0.317 e. The third-order valence-electron chi connectivity index (χ3n) is 1.28. The minimum atomic E-state index is 0.644. The van der Waals surface area contributed by atoms with Crippen molar-refractivity contribution >= 4 is 0 Å². The summed E-state index contributed by atoms with van der Waals surface area (Å²) in [5.74, 6) is 0.644. The number of H-pyrrole nitrogens is 1. The van der Waals surface area contributed by atoms with E-state index in [0.29, 0.717) is 5.82 Å². The van der Waals surface area contributed by atoms with Crippen LogP contribution in [-0.4, -0.2) is 20.2 Å². The van der Waals surface area contributed by atoms with Gasteiger partial charge < -0.3 is 4.98 Å². The van der Waals surface area contributed by atoms with Gasteiger partial charge in [-0.2, -0.15) is 0 Å². The molecule has 1 N–H and O–H groups in total. The predicted molar refractivity (Wildman–Crippen MR) is 38.4 cm³/mol. The van der Waals surface area contributed by atoms with Crippen LogP contribution in [0.25, 0.3) is 11.5 Å². The van der Waals surface area contributed by atoms with E-state index in [1.54, 1.807) is 6.20 Å². The van der Waals surface area contributed by atoms with Crippen molar-refractivity contribution in [2.45, 2.75) is 0 Å². The number of nitrogens with zero attached hydrogens (tertiary/aromatic N) is 3. The molecule has 2 rings (SSSR count). The average molecular weight is 145 g/mol. The second-order valence-corrected chi connectivity index (χ2v) is 2.00. The van der Waals surface area contributed by atoms with Crippen LogP contribution in [0.3, 0.4) is 0 Å². The fourth-order valence-electron chi connectivity index (χ4n) is 0.796. The summed E-state index contributed by atoms with van der Waals surface area (Å²) < 4.78 is 0. The standard InChI is InChI=1S/C7H5N4/c1-2-4-8-6(3-1)7-9-5-10-11-7/h1-4H,(H,9,10,11). The highest BCUT2D eigenvalue weighted by Gasteiger charge is 1.98. The third-order valence-corrected chi connectivity index (χ3v) is 1.28. The van der Waals surface area contributed by atoms with Crippen LogP contribution in [0.2, 0.25) is 0 Å². The number of aromatic amines is 1. The molecule has 0 saturated heterocycles. The zero-order valence-electron chi connectivity index (χ0n) is 5.65. The third kappa shape index (κ3) is 1.10. The number of hydrogen-bond donors (Lipinski definition) is 1. The lowest BCUT2D eigenvalue weighted by atomic mass is 10.3. The van der Waals surface area contributed by atoms with Gasteiger partial charge in [-0.05, 0) is 12.1 Å². The Morgan fingerprint density at radius 3 is 3.00 bits per heavy atom. The summed E-state index contributed by atoms with van der Waals surface area (Å²) >= 11 is 0. The molecule has 4 nitrogen and oxygen atoms in total. The summed E-state index contributed by atoms with van der Waals surface area (Å²) in [5.41, 5.74) is 0.779. The van der Waals surface area contributed by atoms with Crippen molar-refractivity contribution in [2.75, 3.05) is 0 Å². The Morgan fingerprint density at radius 1 is 1.36 bits per heavy atom. The molecule has 0 spiro atoms. The molecule has 0 aromatic carbocycles. The molecule has 4 heteroatoms. The second kappa shape index (κ2) is 2.49. The molecule has 0 unspecified atom stereocenters. The molecule has 0 saturated carbocycles. The summed E-state index contributed by atoms with van der Waals surface area (Å²) in [4.78, 5) is 6.81. The van der Waals surface area contributed by atoms with E-state index < -0.39 is 0 Å². The Balaban J connectivity index is 2.46. The van der Waals surface area contributed by atoms with Crippen molar-refractivity contribution in [3.8, 4) is 11.5 Å². The normalized spacial score (nSPS) is 9.82. The first-order valence-corrected chi connectivity index (χ1v) is 3.17. The quantitative estimate of drug-likeness (QED) is 0.641. The van der Waals surface area contributed by atoms with Gasteiger partial charge in [0.2, 0.25) is 0 Å². The van der Waals surface area contributed by atoms with Crippen LogP contribution in [0.1, 0.15) is 0 Å². The van der Waals surface area contributed by atoms with Crippen LogP contribution in [0.5, 0.6) is 0 Å². The van der Waals surface area contributed by atoms with Gasteiger partial charge in [0.1, 0.15) is 5.69 Å². The number of aromatic nitrogens is 4. The van der Waals surface area contributed by atoms with Crippen molar-refractivity contribution in [1.82, 2.24) is 20.2 Å². The minimum Gasteiger partial charge on any atom is -0.317 e. The summed E-state index contributed by atoms with van der Waals surface area (Å²) in [6.07, 6.45) is 4.21. The molecule has 0 fully saturated rings. The van der Waals surface area contributed by atoms with Crippen LogP contribution >= 0.6 is 0 Å². The summed E-state index contributed by atoms with van der Waals surface area (Å²) in [6, 6.07) is 5.60. The van der Waals surface area contributed by atoms with Crippen LogP contribution < -0.4 is 0 Å². The minimum absolute atomic E-state index is 0.644. The first-order chi connectivity index (χ1) is 5.47. The Bertz CT molecular complexity index is 313. The van der Waals surface area contributed by atoms with Crippen LogP contribution in [0, 0.1) is 6.33 Å². The van der Waals surface area contributed by atoms with Crippen molar-refractivity contribution < 1.29 is 0 Å². The van der Waals surface area contributed by atoms with Crippen molar-refractivity contribution in [2.24, 2.45) is 0 Å². The van der Waals surface area contributed by atoms with Gasteiger partial charge in [0.25, 0.3) is 0 Å². The van der Waals surface area contributed by atoms with Crippen LogP contribution in [0.4, 0.5) is 0 Å². The molecule has 0 amide bonds. The molecular weight excluding hydrogens is 140 g/mol. The van der Waals surface area contributed by atoms with Gasteiger partial charge in [-0.15, -0.1) is 10.2 Å². The number of nitrogens with one attached hydrogen (secondary N) is 1. The Morgan fingerprint density at radius 2 is 2.36 bits per heavy atom. The number of pyridine rings is 1. The second-order valence-electron chi connectivity index (χ2n) is 2.00. The molecule has 2 heterocycles. The predicted octanol–water partition coefficient (Wildman–Crippen LogP) is 0.667. The molecule has 0 bridgehead atoms. The van der Waals surface area contributed by atoms with E-state index in [-0.39, 0.29) is 0 Å². The smallest absolute Gasteiger partial charge is 0.199 e. The van der Waals surface area contributed by atoms with Crippen LogP contribution in [-0.2, 0) is 0 Å². The van der Waals surface area contributed by atoms with E-state index in [9.17, 15) is 0 Å².